The predicted octanol–water partition coefficient (Wildman–Crippen LogP) is 1.48. The van der Waals surface area contributed by atoms with Crippen LogP contribution in [-0.2, 0) is 9.59 Å². The molecule has 5 heteroatoms. The van der Waals surface area contributed by atoms with Gasteiger partial charge in [-0.2, -0.15) is 0 Å². The molecule has 19 heavy (non-hydrogen) atoms. The Bertz CT molecular complexity index is 323. The Morgan fingerprint density at radius 1 is 1.26 bits per heavy atom. The van der Waals surface area contributed by atoms with Crippen LogP contribution < -0.4 is 5.32 Å². The highest BCUT2D eigenvalue weighted by atomic mass is 16.4. The minimum Gasteiger partial charge on any atom is -0.481 e. The highest BCUT2D eigenvalue weighted by molar-refractivity contribution is 5.77. The zero-order chi connectivity index (χ0) is 14.5. The van der Waals surface area contributed by atoms with Crippen LogP contribution in [0.2, 0.25) is 0 Å². The van der Waals surface area contributed by atoms with Crippen LogP contribution in [0.4, 0.5) is 0 Å². The minimum absolute atomic E-state index is 0.0399. The first kappa shape index (κ1) is 16.0. The Labute approximate surface area is 115 Å². The second-order valence-electron chi connectivity index (χ2n) is 6.01. The van der Waals surface area contributed by atoms with Crippen LogP contribution in [-0.4, -0.2) is 48.1 Å². The molecule has 0 heterocycles. The van der Waals surface area contributed by atoms with E-state index in [0.29, 0.717) is 6.54 Å². The third-order valence-corrected chi connectivity index (χ3v) is 4.15. The van der Waals surface area contributed by atoms with E-state index in [4.69, 9.17) is 5.11 Å². The maximum absolute atomic E-state index is 11.8. The Morgan fingerprint density at radius 2 is 1.84 bits per heavy atom. The van der Waals surface area contributed by atoms with Crippen LogP contribution in [0.25, 0.3) is 0 Å². The molecule has 0 aromatic rings. The predicted molar refractivity (Wildman–Crippen MR) is 73.9 cm³/mol. The van der Waals surface area contributed by atoms with E-state index >= 15 is 0 Å². The molecule has 5 nitrogen and oxygen atoms in total. The van der Waals surface area contributed by atoms with Crippen molar-refractivity contribution in [1.29, 1.82) is 0 Å². The molecular formula is C14H26N2O3. The van der Waals surface area contributed by atoms with Crippen LogP contribution in [0.5, 0.6) is 0 Å². The van der Waals surface area contributed by atoms with Crippen molar-refractivity contribution in [1.82, 2.24) is 10.2 Å². The van der Waals surface area contributed by atoms with Crippen molar-refractivity contribution in [2.75, 3.05) is 20.6 Å². The lowest BCUT2D eigenvalue weighted by atomic mass is 9.95. The summed E-state index contributed by atoms with van der Waals surface area (Å²) in [7, 11) is 4.12. The molecule has 0 radical (unpaired) electrons. The van der Waals surface area contributed by atoms with E-state index in [0.717, 1.165) is 12.8 Å². The lowest BCUT2D eigenvalue weighted by Gasteiger charge is -2.36. The third-order valence-electron chi connectivity index (χ3n) is 4.15. The first-order valence-corrected chi connectivity index (χ1v) is 7.02. The molecule has 0 saturated heterocycles. The maximum Gasteiger partial charge on any atom is 0.303 e. The van der Waals surface area contributed by atoms with E-state index in [1.807, 2.05) is 0 Å². The summed E-state index contributed by atoms with van der Waals surface area (Å²) in [5, 5.41) is 11.7. The molecule has 2 N–H and O–H groups in total. The number of nitrogens with zero attached hydrogens (tertiary/aromatic N) is 1. The second-order valence-corrected chi connectivity index (χ2v) is 6.01. The first-order chi connectivity index (χ1) is 8.85. The van der Waals surface area contributed by atoms with Crippen LogP contribution >= 0.6 is 0 Å². The quantitative estimate of drug-likeness (QED) is 0.735. The van der Waals surface area contributed by atoms with Gasteiger partial charge in [0.2, 0.25) is 5.91 Å². The zero-order valence-corrected chi connectivity index (χ0v) is 12.2. The second kappa shape index (κ2) is 6.89. The number of hydrogen-bond acceptors (Lipinski definition) is 3. The third kappa shape index (κ3) is 4.82. The van der Waals surface area contributed by atoms with Gasteiger partial charge in [-0.25, -0.2) is 0 Å². The summed E-state index contributed by atoms with van der Waals surface area (Å²) in [5.41, 5.74) is 0.0890. The van der Waals surface area contributed by atoms with Gasteiger partial charge in [0, 0.05) is 24.9 Å². The highest BCUT2D eigenvalue weighted by Crippen LogP contribution is 2.33. The number of amides is 1. The molecule has 110 valence electrons. The van der Waals surface area contributed by atoms with Crippen LogP contribution in [0, 0.1) is 5.92 Å². The molecule has 1 amide bonds. The summed E-state index contributed by atoms with van der Waals surface area (Å²) >= 11 is 0. The fraction of sp³-hybridized carbons (Fsp3) is 0.857. The van der Waals surface area contributed by atoms with E-state index in [1.54, 1.807) is 6.92 Å². The van der Waals surface area contributed by atoms with Crippen LogP contribution in [0.15, 0.2) is 0 Å². The number of carboxylic acids is 1. The zero-order valence-electron chi connectivity index (χ0n) is 12.2. The average molecular weight is 270 g/mol. The van der Waals surface area contributed by atoms with Crippen LogP contribution in [0.1, 0.15) is 45.4 Å². The van der Waals surface area contributed by atoms with E-state index in [2.05, 4.69) is 24.3 Å². The summed E-state index contributed by atoms with van der Waals surface area (Å²) in [6.45, 7) is 2.46. The molecule has 0 aromatic carbocycles. The topological polar surface area (TPSA) is 69.6 Å². The van der Waals surface area contributed by atoms with E-state index < -0.39 is 5.97 Å². The fourth-order valence-corrected chi connectivity index (χ4v) is 2.84. The van der Waals surface area contributed by atoms with Gasteiger partial charge in [-0.15, -0.1) is 0 Å². The summed E-state index contributed by atoms with van der Waals surface area (Å²) < 4.78 is 0. The smallest absolute Gasteiger partial charge is 0.303 e. The molecule has 1 rings (SSSR count). The molecule has 0 aliphatic heterocycles. The number of carbonyl (C=O) groups excluding carboxylic acids is 1. The van der Waals surface area contributed by atoms with Crippen molar-refractivity contribution < 1.29 is 14.7 Å². The molecule has 1 unspecified atom stereocenters. The summed E-state index contributed by atoms with van der Waals surface area (Å²) in [5.74, 6) is -1.00. The monoisotopic (exact) mass is 270 g/mol. The van der Waals surface area contributed by atoms with Gasteiger partial charge in [-0.3, -0.25) is 9.59 Å². The SMILES string of the molecule is CC(CC(=O)O)CC(=O)NCC1(N(C)C)CCCC1. The normalized spacial score (nSPS) is 19.4. The number of carbonyl (C=O) groups is 2. The van der Waals surface area contributed by atoms with Crippen LogP contribution in [0.3, 0.4) is 0 Å². The van der Waals surface area contributed by atoms with Crippen molar-refractivity contribution in [3.05, 3.63) is 0 Å². The molecule has 1 aliphatic carbocycles. The highest BCUT2D eigenvalue weighted by Gasteiger charge is 2.36. The fourth-order valence-electron chi connectivity index (χ4n) is 2.84. The van der Waals surface area contributed by atoms with Gasteiger partial charge in [0.05, 0.1) is 0 Å². The van der Waals surface area contributed by atoms with Gasteiger partial charge < -0.3 is 15.3 Å². The number of carboxylic acid groups (broad SMARTS) is 1. The van der Waals surface area contributed by atoms with Gasteiger partial charge in [0.25, 0.3) is 0 Å². The van der Waals surface area contributed by atoms with Crippen molar-refractivity contribution in [3.8, 4) is 0 Å². The molecule has 0 bridgehead atoms. The minimum atomic E-state index is -0.846. The van der Waals surface area contributed by atoms with Crippen molar-refractivity contribution in [2.24, 2.45) is 5.92 Å². The Kier molecular flexibility index (Phi) is 5.79. The molecule has 1 saturated carbocycles. The van der Waals surface area contributed by atoms with Gasteiger partial charge in [-0.05, 0) is 32.9 Å². The Balaban J connectivity index is 2.38. The number of hydrogen-bond donors (Lipinski definition) is 2. The van der Waals surface area contributed by atoms with E-state index in [1.165, 1.54) is 12.8 Å². The van der Waals surface area contributed by atoms with Gasteiger partial charge in [0.15, 0.2) is 0 Å². The molecule has 1 fully saturated rings. The molecule has 0 spiro atoms. The number of nitrogens with one attached hydrogen (secondary N) is 1. The maximum atomic E-state index is 11.8. The van der Waals surface area contributed by atoms with Crippen molar-refractivity contribution in [2.45, 2.75) is 51.0 Å². The Morgan fingerprint density at radius 3 is 2.32 bits per heavy atom. The van der Waals surface area contributed by atoms with Crippen molar-refractivity contribution >= 4 is 11.9 Å². The standard InChI is InChI=1S/C14H26N2O3/c1-11(9-13(18)19)8-12(17)15-10-14(16(2)3)6-4-5-7-14/h11H,4-10H2,1-3H3,(H,15,17)(H,18,19). The number of likely N-dealkylation sites (N-methyl/N-ethyl adjacent to an activating group) is 1. The van der Waals surface area contributed by atoms with Gasteiger partial charge >= 0.3 is 5.97 Å². The molecule has 1 aliphatic rings. The van der Waals surface area contributed by atoms with Gasteiger partial charge in [0.1, 0.15) is 0 Å². The average Bonchev–Trinajstić information content (AvgIpc) is 2.74. The van der Waals surface area contributed by atoms with E-state index in [9.17, 15) is 9.59 Å². The largest absolute Gasteiger partial charge is 0.481 e. The summed E-state index contributed by atoms with van der Waals surface area (Å²) in [4.78, 5) is 24.6. The van der Waals surface area contributed by atoms with Gasteiger partial charge in [-0.1, -0.05) is 19.8 Å². The first-order valence-electron chi connectivity index (χ1n) is 7.02. The molecule has 0 aromatic heterocycles. The summed E-state index contributed by atoms with van der Waals surface area (Å²) in [6, 6.07) is 0. The lowest BCUT2D eigenvalue weighted by Crippen LogP contribution is -2.50. The lowest BCUT2D eigenvalue weighted by molar-refractivity contribution is -0.138. The molecular weight excluding hydrogens is 244 g/mol. The summed E-state index contributed by atoms with van der Waals surface area (Å²) in [6.07, 6.45) is 4.99. The van der Waals surface area contributed by atoms with E-state index in [-0.39, 0.29) is 30.2 Å². The number of rotatable bonds is 7. The Hall–Kier alpha value is -1.10. The molecule has 1 atom stereocenters. The number of aliphatic carboxylic acids is 1. The van der Waals surface area contributed by atoms with Crippen molar-refractivity contribution in [3.63, 3.8) is 0 Å².